The Morgan fingerprint density at radius 3 is 2.39 bits per heavy atom. The highest BCUT2D eigenvalue weighted by Gasteiger charge is 2.35. The van der Waals surface area contributed by atoms with Crippen molar-refractivity contribution in [3.05, 3.63) is 71.6 Å². The fourth-order valence-electron chi connectivity index (χ4n) is 3.09. The van der Waals surface area contributed by atoms with Crippen LogP contribution in [0.5, 0.6) is 0 Å². The van der Waals surface area contributed by atoms with Crippen LogP contribution in [0, 0.1) is 12.9 Å². The van der Waals surface area contributed by atoms with Gasteiger partial charge in [0.2, 0.25) is 5.95 Å². The summed E-state index contributed by atoms with van der Waals surface area (Å²) in [5.41, 5.74) is 1.14. The minimum absolute atomic E-state index is 0.148. The van der Waals surface area contributed by atoms with E-state index in [1.165, 1.54) is 33.1 Å². The number of aromatic nitrogens is 4. The highest BCUT2D eigenvalue weighted by Crippen LogP contribution is 2.20. The molecule has 0 bridgehead atoms. The van der Waals surface area contributed by atoms with E-state index in [1.54, 1.807) is 6.92 Å². The van der Waals surface area contributed by atoms with Crippen molar-refractivity contribution >= 4 is 11.8 Å². The first kappa shape index (κ1) is 17.8. The van der Waals surface area contributed by atoms with Crippen LogP contribution in [-0.4, -0.2) is 54.9 Å². The maximum absolute atomic E-state index is 13.9. The van der Waals surface area contributed by atoms with Crippen molar-refractivity contribution in [2.75, 3.05) is 13.1 Å². The summed E-state index contributed by atoms with van der Waals surface area (Å²) in [6.45, 7) is 2.33. The van der Waals surface area contributed by atoms with E-state index in [0.29, 0.717) is 25.2 Å². The van der Waals surface area contributed by atoms with E-state index in [-0.39, 0.29) is 11.3 Å². The molecular formula is C19H17FN6O2. The van der Waals surface area contributed by atoms with Crippen molar-refractivity contribution in [2.45, 2.75) is 13.3 Å². The van der Waals surface area contributed by atoms with Crippen molar-refractivity contribution in [1.82, 2.24) is 30.0 Å². The molecule has 0 spiro atoms. The molecule has 1 aliphatic heterocycles. The van der Waals surface area contributed by atoms with Gasteiger partial charge < -0.3 is 0 Å². The SMILES string of the molecule is Cc1nn(-c2ccccc2)nc1C(=O)N1CCCN1C(=O)c1cccnc1F. The van der Waals surface area contributed by atoms with E-state index in [9.17, 15) is 14.0 Å². The Morgan fingerprint density at radius 1 is 0.964 bits per heavy atom. The molecule has 3 aromatic rings. The third kappa shape index (κ3) is 3.11. The third-order valence-electron chi connectivity index (χ3n) is 4.46. The average molecular weight is 380 g/mol. The summed E-state index contributed by atoms with van der Waals surface area (Å²) in [5, 5.41) is 11.1. The number of carbonyl (C=O) groups is 2. The lowest BCUT2D eigenvalue weighted by Gasteiger charge is -2.27. The number of halogens is 1. The Hall–Kier alpha value is -3.62. The fourth-order valence-corrected chi connectivity index (χ4v) is 3.09. The average Bonchev–Trinajstić information content (AvgIpc) is 3.35. The van der Waals surface area contributed by atoms with Crippen LogP contribution in [0.4, 0.5) is 4.39 Å². The van der Waals surface area contributed by atoms with Crippen LogP contribution in [0.2, 0.25) is 0 Å². The zero-order valence-electron chi connectivity index (χ0n) is 15.1. The van der Waals surface area contributed by atoms with Gasteiger partial charge in [0, 0.05) is 19.3 Å². The number of rotatable bonds is 3. The third-order valence-corrected chi connectivity index (χ3v) is 4.46. The summed E-state index contributed by atoms with van der Waals surface area (Å²) in [4.78, 5) is 30.7. The van der Waals surface area contributed by atoms with Crippen LogP contribution >= 0.6 is 0 Å². The zero-order valence-corrected chi connectivity index (χ0v) is 15.1. The van der Waals surface area contributed by atoms with E-state index >= 15 is 0 Å². The molecule has 4 rings (SSSR count). The Labute approximate surface area is 160 Å². The summed E-state index contributed by atoms with van der Waals surface area (Å²) < 4.78 is 13.9. The minimum Gasteiger partial charge on any atom is -0.267 e. The van der Waals surface area contributed by atoms with Gasteiger partial charge >= 0.3 is 0 Å². The number of amides is 2. The van der Waals surface area contributed by atoms with Crippen LogP contribution in [0.3, 0.4) is 0 Å². The van der Waals surface area contributed by atoms with Crippen LogP contribution in [0.15, 0.2) is 48.7 Å². The summed E-state index contributed by atoms with van der Waals surface area (Å²) in [6, 6.07) is 12.0. The molecule has 2 aromatic heterocycles. The second kappa shape index (κ2) is 7.18. The first-order chi connectivity index (χ1) is 13.6. The van der Waals surface area contributed by atoms with Gasteiger partial charge in [0.25, 0.3) is 11.8 Å². The first-order valence-corrected chi connectivity index (χ1v) is 8.80. The molecule has 0 unspecified atom stereocenters. The van der Waals surface area contributed by atoms with Crippen LogP contribution in [0.25, 0.3) is 5.69 Å². The van der Waals surface area contributed by atoms with Crippen molar-refractivity contribution in [3.8, 4) is 5.69 Å². The molecule has 1 aromatic carbocycles. The molecular weight excluding hydrogens is 363 g/mol. The van der Waals surface area contributed by atoms with Gasteiger partial charge in [0.15, 0.2) is 5.69 Å². The molecule has 9 heteroatoms. The highest BCUT2D eigenvalue weighted by molar-refractivity contribution is 5.99. The Kier molecular flexibility index (Phi) is 4.56. The monoisotopic (exact) mass is 380 g/mol. The molecule has 8 nitrogen and oxygen atoms in total. The van der Waals surface area contributed by atoms with Gasteiger partial charge in [-0.1, -0.05) is 18.2 Å². The number of hydrogen-bond acceptors (Lipinski definition) is 5. The molecule has 0 aliphatic carbocycles. The fraction of sp³-hybridized carbons (Fsp3) is 0.211. The number of aryl methyl sites for hydroxylation is 1. The largest absolute Gasteiger partial charge is 0.294 e. The predicted octanol–water partition coefficient (Wildman–Crippen LogP) is 2.01. The lowest BCUT2D eigenvalue weighted by atomic mass is 10.2. The van der Waals surface area contributed by atoms with E-state index in [0.717, 1.165) is 5.69 Å². The molecule has 1 aliphatic rings. The van der Waals surface area contributed by atoms with E-state index < -0.39 is 17.8 Å². The molecule has 3 heterocycles. The van der Waals surface area contributed by atoms with Crippen molar-refractivity contribution in [1.29, 1.82) is 0 Å². The zero-order chi connectivity index (χ0) is 19.7. The number of pyridine rings is 1. The number of hydrogen-bond donors (Lipinski definition) is 0. The standard InChI is InChI=1S/C19H17FN6O2/c1-13-16(23-26(22-13)14-7-3-2-4-8-14)19(28)25-12-6-11-24(25)18(27)15-9-5-10-21-17(15)20/h2-5,7-10H,6,11-12H2,1H3. The van der Waals surface area contributed by atoms with Gasteiger partial charge in [-0.15, -0.1) is 5.10 Å². The van der Waals surface area contributed by atoms with Crippen LogP contribution in [-0.2, 0) is 0 Å². The second-order valence-corrected chi connectivity index (χ2v) is 6.31. The molecule has 0 N–H and O–H groups in total. The summed E-state index contributed by atoms with van der Waals surface area (Å²) >= 11 is 0. The topological polar surface area (TPSA) is 84.2 Å². The molecule has 0 radical (unpaired) electrons. The molecule has 0 saturated carbocycles. The Balaban J connectivity index is 1.62. The molecule has 1 saturated heterocycles. The quantitative estimate of drug-likeness (QED) is 0.649. The lowest BCUT2D eigenvalue weighted by Crippen LogP contribution is -2.45. The normalized spacial score (nSPS) is 13.8. The molecule has 2 amide bonds. The van der Waals surface area contributed by atoms with Gasteiger partial charge in [-0.2, -0.15) is 14.3 Å². The van der Waals surface area contributed by atoms with Crippen molar-refractivity contribution in [3.63, 3.8) is 0 Å². The Morgan fingerprint density at radius 2 is 1.68 bits per heavy atom. The highest BCUT2D eigenvalue weighted by atomic mass is 19.1. The Bertz CT molecular complexity index is 1040. The molecule has 0 atom stereocenters. The smallest absolute Gasteiger partial charge is 0.267 e. The van der Waals surface area contributed by atoms with Gasteiger partial charge in [0.05, 0.1) is 16.9 Å². The van der Waals surface area contributed by atoms with Crippen molar-refractivity contribution < 1.29 is 14.0 Å². The summed E-state index contributed by atoms with van der Waals surface area (Å²) in [6.07, 6.45) is 1.86. The van der Waals surface area contributed by atoms with E-state index in [2.05, 4.69) is 15.2 Å². The number of benzene rings is 1. The van der Waals surface area contributed by atoms with Crippen LogP contribution < -0.4 is 0 Å². The maximum atomic E-state index is 13.9. The first-order valence-electron chi connectivity index (χ1n) is 8.80. The minimum atomic E-state index is -0.863. The molecule has 28 heavy (non-hydrogen) atoms. The number of para-hydroxylation sites is 1. The maximum Gasteiger partial charge on any atom is 0.294 e. The summed E-state index contributed by atoms with van der Waals surface area (Å²) in [5.74, 6) is -1.92. The number of hydrazine groups is 1. The van der Waals surface area contributed by atoms with Gasteiger partial charge in [-0.05, 0) is 37.6 Å². The van der Waals surface area contributed by atoms with E-state index in [4.69, 9.17) is 0 Å². The van der Waals surface area contributed by atoms with Gasteiger partial charge in [0.1, 0.15) is 0 Å². The number of nitrogens with zero attached hydrogens (tertiary/aromatic N) is 6. The molecule has 142 valence electrons. The molecule has 1 fully saturated rings. The van der Waals surface area contributed by atoms with Gasteiger partial charge in [-0.3, -0.25) is 9.59 Å². The van der Waals surface area contributed by atoms with Crippen LogP contribution in [0.1, 0.15) is 33.0 Å². The summed E-state index contributed by atoms with van der Waals surface area (Å²) in [7, 11) is 0. The van der Waals surface area contributed by atoms with Gasteiger partial charge in [-0.25, -0.2) is 15.0 Å². The van der Waals surface area contributed by atoms with E-state index in [1.807, 2.05) is 30.3 Å². The lowest BCUT2D eigenvalue weighted by molar-refractivity contribution is 0.0178. The van der Waals surface area contributed by atoms with Crippen molar-refractivity contribution in [2.24, 2.45) is 0 Å². The predicted molar refractivity (Wildman–Crippen MR) is 97.0 cm³/mol. The number of carbonyl (C=O) groups excluding carboxylic acids is 2. The second-order valence-electron chi connectivity index (χ2n) is 6.31.